The van der Waals surface area contributed by atoms with Crippen molar-refractivity contribution in [1.82, 2.24) is 36.5 Å². The quantitative estimate of drug-likeness (QED) is 0.324. The number of fused-ring (bicyclic) bond motifs is 1. The number of nitrogens with one attached hydrogen (secondary N) is 5. The zero-order chi connectivity index (χ0) is 34.1. The first-order valence-corrected chi connectivity index (χ1v) is 16.9. The van der Waals surface area contributed by atoms with Crippen molar-refractivity contribution in [2.24, 2.45) is 5.41 Å². The van der Waals surface area contributed by atoms with E-state index in [9.17, 15) is 28.8 Å². The number of carbonyl (C=O) groups excluding carboxylic acids is 6. The highest BCUT2D eigenvalue weighted by atomic mass is 32.1. The topological polar surface area (TPSA) is 179 Å². The number of aryl methyl sites for hydroxylation is 1. The van der Waals surface area contributed by atoms with E-state index in [0.717, 1.165) is 16.1 Å². The van der Waals surface area contributed by atoms with Crippen LogP contribution < -0.4 is 26.6 Å². The highest BCUT2D eigenvalue weighted by molar-refractivity contribution is 7.13. The summed E-state index contributed by atoms with van der Waals surface area (Å²) >= 11 is 1.49. The number of carbonyl (C=O) groups is 6. The van der Waals surface area contributed by atoms with Crippen LogP contribution in [0.15, 0.2) is 29.8 Å². The van der Waals surface area contributed by atoms with Crippen LogP contribution in [0.1, 0.15) is 76.6 Å². The summed E-state index contributed by atoms with van der Waals surface area (Å²) in [6, 6.07) is 4.25. The molecule has 4 rings (SSSR count). The van der Waals surface area contributed by atoms with Gasteiger partial charge in [0, 0.05) is 19.5 Å². The molecule has 0 aliphatic carbocycles. The van der Waals surface area contributed by atoms with Crippen LogP contribution in [0.4, 0.5) is 0 Å². The molecule has 1 aromatic carbocycles. The molecule has 2 aliphatic heterocycles. The molecular formula is C33H45N7O6S. The maximum atomic E-state index is 13.9. The molecule has 3 atom stereocenters. The number of benzene rings is 1. The number of thiazole rings is 1. The zero-order valence-electron chi connectivity index (χ0n) is 27.4. The third-order valence-corrected chi connectivity index (χ3v) is 9.31. The van der Waals surface area contributed by atoms with E-state index in [1.807, 2.05) is 39.8 Å². The van der Waals surface area contributed by atoms with Gasteiger partial charge in [-0.2, -0.15) is 0 Å². The lowest BCUT2D eigenvalue weighted by Crippen LogP contribution is -2.58. The fraction of sp³-hybridized carbons (Fsp3) is 0.545. The maximum Gasteiger partial charge on any atom is 0.247 e. The molecule has 2 aliphatic rings. The Labute approximate surface area is 279 Å². The third kappa shape index (κ3) is 9.60. The van der Waals surface area contributed by atoms with Crippen molar-refractivity contribution >= 4 is 46.8 Å². The van der Waals surface area contributed by atoms with E-state index in [-0.39, 0.29) is 30.7 Å². The molecule has 1 aromatic heterocycles. The molecule has 2 saturated heterocycles. The van der Waals surface area contributed by atoms with Crippen molar-refractivity contribution in [3.05, 3.63) is 41.0 Å². The van der Waals surface area contributed by atoms with E-state index >= 15 is 0 Å². The van der Waals surface area contributed by atoms with Gasteiger partial charge in [0.2, 0.25) is 35.4 Å². The molecular weight excluding hydrogens is 622 g/mol. The molecule has 14 heteroatoms. The Morgan fingerprint density at radius 3 is 2.19 bits per heavy atom. The van der Waals surface area contributed by atoms with E-state index in [1.165, 1.54) is 16.2 Å². The molecule has 0 spiro atoms. The Morgan fingerprint density at radius 2 is 1.51 bits per heavy atom. The third-order valence-electron chi connectivity index (χ3n) is 8.33. The normalized spacial score (nSPS) is 23.3. The van der Waals surface area contributed by atoms with Crippen molar-refractivity contribution in [1.29, 1.82) is 0 Å². The number of nitrogens with zero attached hydrogens (tertiary/aromatic N) is 2. The van der Waals surface area contributed by atoms with Gasteiger partial charge in [-0.3, -0.25) is 28.8 Å². The van der Waals surface area contributed by atoms with Gasteiger partial charge < -0.3 is 31.5 Å². The second-order valence-corrected chi connectivity index (χ2v) is 13.9. The van der Waals surface area contributed by atoms with Crippen molar-refractivity contribution in [3.63, 3.8) is 0 Å². The van der Waals surface area contributed by atoms with Crippen LogP contribution >= 0.6 is 11.3 Å². The van der Waals surface area contributed by atoms with Gasteiger partial charge >= 0.3 is 0 Å². The van der Waals surface area contributed by atoms with Gasteiger partial charge in [-0.25, -0.2) is 4.98 Å². The van der Waals surface area contributed by atoms with E-state index in [2.05, 4.69) is 31.6 Å². The van der Waals surface area contributed by atoms with Gasteiger partial charge in [-0.05, 0) is 49.1 Å². The molecule has 3 heterocycles. The van der Waals surface area contributed by atoms with Gasteiger partial charge in [0.05, 0.1) is 29.2 Å². The second kappa shape index (κ2) is 16.0. The van der Waals surface area contributed by atoms with Gasteiger partial charge in [0.15, 0.2) is 0 Å². The molecule has 0 radical (unpaired) electrons. The minimum atomic E-state index is -1.18. The van der Waals surface area contributed by atoms with Crippen molar-refractivity contribution in [3.8, 4) is 10.4 Å². The predicted molar refractivity (Wildman–Crippen MR) is 177 cm³/mol. The Balaban J connectivity index is 1.60. The van der Waals surface area contributed by atoms with Crippen molar-refractivity contribution in [2.75, 3.05) is 26.2 Å². The first kappa shape index (κ1) is 35.5. The maximum absolute atomic E-state index is 13.9. The SMILES string of the molecule is Cc1ncsc1-c1ccc([C@@H]2NC(=O)[C@@H]3CCCN3C(=O)[C@H](C(C)(C)C)NC(=O)CCCCCNC(=O)CNC(=O)CNC2=O)cc1. The summed E-state index contributed by atoms with van der Waals surface area (Å²) in [5.74, 6) is -2.70. The monoisotopic (exact) mass is 667 g/mol. The largest absolute Gasteiger partial charge is 0.355 e. The molecule has 0 unspecified atom stereocenters. The number of rotatable bonds is 2. The van der Waals surface area contributed by atoms with Crippen LogP contribution in [0.5, 0.6) is 0 Å². The van der Waals surface area contributed by atoms with Gasteiger partial charge in [-0.15, -0.1) is 11.3 Å². The second-order valence-electron chi connectivity index (χ2n) is 13.0. The highest BCUT2D eigenvalue weighted by Gasteiger charge is 2.42. The molecule has 2 aromatic rings. The predicted octanol–water partition coefficient (Wildman–Crippen LogP) is 1.72. The first-order chi connectivity index (χ1) is 22.3. The summed E-state index contributed by atoms with van der Waals surface area (Å²) in [5, 5.41) is 13.5. The fourth-order valence-corrected chi connectivity index (χ4v) is 6.50. The summed E-state index contributed by atoms with van der Waals surface area (Å²) in [6.45, 7) is 7.56. The highest BCUT2D eigenvalue weighted by Crippen LogP contribution is 2.29. The summed E-state index contributed by atoms with van der Waals surface area (Å²) in [6.07, 6.45) is 3.09. The first-order valence-electron chi connectivity index (χ1n) is 16.1. The number of amides is 6. The van der Waals surface area contributed by atoms with Crippen LogP contribution in [0.3, 0.4) is 0 Å². The average Bonchev–Trinajstić information content (AvgIpc) is 3.70. The lowest BCUT2D eigenvalue weighted by molar-refractivity contribution is -0.144. The van der Waals surface area contributed by atoms with Crippen LogP contribution in [0.25, 0.3) is 10.4 Å². The summed E-state index contributed by atoms with van der Waals surface area (Å²) < 4.78 is 0. The lowest BCUT2D eigenvalue weighted by atomic mass is 9.85. The van der Waals surface area contributed by atoms with E-state index in [1.54, 1.807) is 17.6 Å². The van der Waals surface area contributed by atoms with Crippen LogP contribution in [0, 0.1) is 12.3 Å². The molecule has 6 amide bonds. The average molecular weight is 668 g/mol. The van der Waals surface area contributed by atoms with Crippen LogP contribution in [-0.2, 0) is 28.8 Å². The zero-order valence-corrected chi connectivity index (χ0v) is 28.3. The molecule has 0 bridgehead atoms. The molecule has 5 N–H and O–H groups in total. The van der Waals surface area contributed by atoms with Crippen LogP contribution in [0.2, 0.25) is 0 Å². The molecule has 2 fully saturated rings. The van der Waals surface area contributed by atoms with Crippen molar-refractivity contribution in [2.45, 2.75) is 84.3 Å². The Bertz CT molecular complexity index is 1470. The van der Waals surface area contributed by atoms with Gasteiger partial charge in [-0.1, -0.05) is 51.5 Å². The minimum absolute atomic E-state index is 0.214. The summed E-state index contributed by atoms with van der Waals surface area (Å²) in [4.78, 5) is 85.7. The van der Waals surface area contributed by atoms with Crippen LogP contribution in [-0.4, -0.2) is 83.6 Å². The molecule has 47 heavy (non-hydrogen) atoms. The molecule has 0 saturated carbocycles. The Hall–Kier alpha value is -4.33. The summed E-state index contributed by atoms with van der Waals surface area (Å²) in [7, 11) is 0. The number of aromatic nitrogens is 1. The number of hydrogen-bond donors (Lipinski definition) is 5. The lowest BCUT2D eigenvalue weighted by Gasteiger charge is -2.35. The van der Waals surface area contributed by atoms with E-state index in [0.29, 0.717) is 50.8 Å². The fourth-order valence-electron chi connectivity index (χ4n) is 5.68. The van der Waals surface area contributed by atoms with E-state index in [4.69, 9.17) is 0 Å². The Morgan fingerprint density at radius 1 is 0.809 bits per heavy atom. The van der Waals surface area contributed by atoms with E-state index < -0.39 is 47.8 Å². The Kier molecular flexibility index (Phi) is 12.1. The molecule has 13 nitrogen and oxygen atoms in total. The minimum Gasteiger partial charge on any atom is -0.355 e. The van der Waals surface area contributed by atoms with Gasteiger partial charge in [0.1, 0.15) is 18.1 Å². The smallest absolute Gasteiger partial charge is 0.247 e. The molecule has 254 valence electrons. The van der Waals surface area contributed by atoms with Gasteiger partial charge in [0.25, 0.3) is 0 Å². The standard InChI is InChI=1S/C33H45N7O6S/c1-20-28(47-19-37-20)22-13-11-21(12-14-22)27-31(45)36-18-26(43)35-17-25(42)34-15-7-5-6-10-24(41)38-29(33(2,3)4)32(46)40-16-8-9-23(40)30(44)39-27/h11-14,19,23,27,29H,5-10,15-18H2,1-4H3,(H,34,42)(H,35,43)(H,36,45)(H,38,41)(H,39,44)/t23-,27-,29+/m0/s1. The summed E-state index contributed by atoms with van der Waals surface area (Å²) in [5.41, 5.74) is 3.38. The van der Waals surface area contributed by atoms with Crippen molar-refractivity contribution < 1.29 is 28.8 Å². The number of hydrogen-bond acceptors (Lipinski definition) is 8.